The van der Waals surface area contributed by atoms with Gasteiger partial charge in [0, 0.05) is 32.7 Å². The van der Waals surface area contributed by atoms with E-state index in [2.05, 4.69) is 15.6 Å². The molecule has 0 aromatic carbocycles. The predicted octanol–water partition coefficient (Wildman–Crippen LogP) is 3.13. The van der Waals surface area contributed by atoms with Crippen LogP contribution in [0, 0.1) is 0 Å². The quantitative estimate of drug-likeness (QED) is 0.194. The number of nitrogens with zero attached hydrogens (tertiary/aromatic N) is 2. The molecular weight excluding hydrogens is 459 g/mol. The van der Waals surface area contributed by atoms with Gasteiger partial charge in [0.2, 0.25) is 0 Å². The monoisotopic (exact) mass is 496 g/mol. The fourth-order valence-electron chi connectivity index (χ4n) is 3.61. The molecule has 2 fully saturated rings. The summed E-state index contributed by atoms with van der Waals surface area (Å²) in [7, 11) is 1.79. The van der Waals surface area contributed by atoms with Gasteiger partial charge in [-0.25, -0.2) is 4.79 Å². The summed E-state index contributed by atoms with van der Waals surface area (Å²) in [6.45, 7) is 5.18. The number of amides is 1. The molecule has 1 saturated carbocycles. The van der Waals surface area contributed by atoms with Crippen LogP contribution in [0.25, 0.3) is 0 Å². The van der Waals surface area contributed by atoms with E-state index in [4.69, 9.17) is 9.47 Å². The Labute approximate surface area is 181 Å². The zero-order valence-corrected chi connectivity index (χ0v) is 19.2. The minimum Gasteiger partial charge on any atom is -0.450 e. The van der Waals surface area contributed by atoms with Crippen molar-refractivity contribution in [3.05, 3.63) is 0 Å². The molecule has 1 saturated heterocycles. The van der Waals surface area contributed by atoms with Gasteiger partial charge in [0.15, 0.2) is 5.96 Å². The van der Waals surface area contributed by atoms with E-state index in [1.807, 2.05) is 6.92 Å². The van der Waals surface area contributed by atoms with Gasteiger partial charge >= 0.3 is 6.09 Å². The van der Waals surface area contributed by atoms with Crippen LogP contribution in [-0.2, 0) is 9.47 Å². The highest BCUT2D eigenvalue weighted by Gasteiger charge is 2.24. The number of piperidine rings is 1. The van der Waals surface area contributed by atoms with E-state index in [0.29, 0.717) is 25.4 Å². The van der Waals surface area contributed by atoms with E-state index in [-0.39, 0.29) is 30.1 Å². The van der Waals surface area contributed by atoms with Crippen LogP contribution < -0.4 is 10.6 Å². The third-order valence-electron chi connectivity index (χ3n) is 5.14. The fourth-order valence-corrected chi connectivity index (χ4v) is 3.61. The standard InChI is InChI=1S/C19H36N4O3.HI/c1-3-25-19(24)23-13-10-16(11-14-23)22-18(20-2)21-12-15-26-17-8-6-4-5-7-9-17;/h16-17H,3-15H2,1-2H3,(H2,20,21,22);1H. The molecule has 0 spiro atoms. The Balaban J connectivity index is 0.00000364. The zero-order valence-electron chi connectivity index (χ0n) is 16.9. The Kier molecular flexibility index (Phi) is 12.8. The molecule has 0 bridgehead atoms. The molecule has 2 N–H and O–H groups in total. The van der Waals surface area contributed by atoms with E-state index in [1.54, 1.807) is 11.9 Å². The fraction of sp³-hybridized carbons (Fsp3) is 0.895. The van der Waals surface area contributed by atoms with Crippen LogP contribution in [0.2, 0.25) is 0 Å². The van der Waals surface area contributed by atoms with Gasteiger partial charge in [-0.3, -0.25) is 4.99 Å². The number of guanidine groups is 1. The molecular formula is C19H37IN4O3. The molecule has 0 radical (unpaired) electrons. The Morgan fingerprint density at radius 3 is 2.37 bits per heavy atom. The van der Waals surface area contributed by atoms with Crippen LogP contribution >= 0.6 is 24.0 Å². The van der Waals surface area contributed by atoms with Crippen molar-refractivity contribution in [2.75, 3.05) is 39.9 Å². The summed E-state index contributed by atoms with van der Waals surface area (Å²) in [6, 6.07) is 0.328. The second kappa shape index (κ2) is 14.3. The van der Waals surface area contributed by atoms with Gasteiger partial charge in [-0.05, 0) is 32.6 Å². The average molecular weight is 496 g/mol. The van der Waals surface area contributed by atoms with Gasteiger partial charge in [-0.1, -0.05) is 25.7 Å². The minimum absolute atomic E-state index is 0. The van der Waals surface area contributed by atoms with Gasteiger partial charge in [-0.2, -0.15) is 0 Å². The smallest absolute Gasteiger partial charge is 0.409 e. The van der Waals surface area contributed by atoms with Crippen molar-refractivity contribution >= 4 is 36.0 Å². The molecule has 1 aliphatic carbocycles. The summed E-state index contributed by atoms with van der Waals surface area (Å²) >= 11 is 0. The summed E-state index contributed by atoms with van der Waals surface area (Å²) in [5.74, 6) is 0.809. The van der Waals surface area contributed by atoms with E-state index in [9.17, 15) is 4.79 Å². The summed E-state index contributed by atoms with van der Waals surface area (Å²) in [5, 5.41) is 6.78. The molecule has 1 amide bonds. The number of hydrogen-bond donors (Lipinski definition) is 2. The van der Waals surface area contributed by atoms with Crippen LogP contribution in [0.3, 0.4) is 0 Å². The molecule has 2 rings (SSSR count). The molecule has 2 aliphatic rings. The second-order valence-electron chi connectivity index (χ2n) is 7.09. The maximum absolute atomic E-state index is 11.7. The van der Waals surface area contributed by atoms with Crippen molar-refractivity contribution in [3.8, 4) is 0 Å². The van der Waals surface area contributed by atoms with Crippen LogP contribution in [0.1, 0.15) is 58.3 Å². The molecule has 1 heterocycles. The first-order chi connectivity index (χ1) is 12.7. The molecule has 0 aromatic rings. The van der Waals surface area contributed by atoms with Gasteiger partial charge in [0.1, 0.15) is 0 Å². The molecule has 0 aromatic heterocycles. The van der Waals surface area contributed by atoms with Crippen LogP contribution in [0.4, 0.5) is 4.79 Å². The lowest BCUT2D eigenvalue weighted by atomic mass is 10.1. The van der Waals surface area contributed by atoms with E-state index >= 15 is 0 Å². The zero-order chi connectivity index (χ0) is 18.6. The van der Waals surface area contributed by atoms with Crippen molar-refractivity contribution in [2.24, 2.45) is 4.99 Å². The lowest BCUT2D eigenvalue weighted by Crippen LogP contribution is -2.50. The third kappa shape index (κ3) is 9.32. The molecule has 27 heavy (non-hydrogen) atoms. The first-order valence-corrected chi connectivity index (χ1v) is 10.2. The third-order valence-corrected chi connectivity index (χ3v) is 5.14. The van der Waals surface area contributed by atoms with E-state index in [0.717, 1.165) is 38.4 Å². The Hall–Kier alpha value is -0.770. The maximum Gasteiger partial charge on any atom is 0.409 e. The van der Waals surface area contributed by atoms with Gasteiger partial charge in [0.05, 0.1) is 19.3 Å². The van der Waals surface area contributed by atoms with Gasteiger partial charge in [-0.15, -0.1) is 24.0 Å². The number of halogens is 1. The highest BCUT2D eigenvalue weighted by atomic mass is 127. The number of rotatable bonds is 6. The number of likely N-dealkylation sites (tertiary alicyclic amines) is 1. The number of carbonyl (C=O) groups excluding carboxylic acids is 1. The number of nitrogens with one attached hydrogen (secondary N) is 2. The van der Waals surface area contributed by atoms with Gasteiger partial charge < -0.3 is 25.0 Å². The number of ether oxygens (including phenoxy) is 2. The first kappa shape index (κ1) is 24.3. The molecule has 0 unspecified atom stereocenters. The Morgan fingerprint density at radius 2 is 1.78 bits per heavy atom. The largest absolute Gasteiger partial charge is 0.450 e. The normalized spacial score (nSPS) is 19.8. The summed E-state index contributed by atoms with van der Waals surface area (Å²) in [6.07, 6.45) is 9.73. The molecule has 1 aliphatic heterocycles. The minimum atomic E-state index is -0.205. The summed E-state index contributed by atoms with van der Waals surface area (Å²) in [4.78, 5) is 17.8. The summed E-state index contributed by atoms with van der Waals surface area (Å²) in [5.41, 5.74) is 0. The number of carbonyl (C=O) groups is 1. The molecule has 8 heteroatoms. The summed E-state index contributed by atoms with van der Waals surface area (Å²) < 4.78 is 11.1. The van der Waals surface area contributed by atoms with Crippen molar-refractivity contribution < 1.29 is 14.3 Å². The lowest BCUT2D eigenvalue weighted by molar-refractivity contribution is 0.0467. The molecule has 7 nitrogen and oxygen atoms in total. The van der Waals surface area contributed by atoms with Gasteiger partial charge in [0.25, 0.3) is 0 Å². The number of aliphatic imine (C=N–C) groups is 1. The van der Waals surface area contributed by atoms with Crippen molar-refractivity contribution in [1.29, 1.82) is 0 Å². The SMILES string of the molecule is CCOC(=O)N1CCC(NC(=NC)NCCOC2CCCCCC2)CC1.I. The van der Waals surface area contributed by atoms with E-state index in [1.165, 1.54) is 38.5 Å². The van der Waals surface area contributed by atoms with Crippen LogP contribution in [-0.4, -0.2) is 69.0 Å². The predicted molar refractivity (Wildman–Crippen MR) is 119 cm³/mol. The average Bonchev–Trinajstić information content (AvgIpc) is 2.93. The van der Waals surface area contributed by atoms with Crippen LogP contribution in [0.5, 0.6) is 0 Å². The highest BCUT2D eigenvalue weighted by molar-refractivity contribution is 14.0. The van der Waals surface area contributed by atoms with E-state index < -0.39 is 0 Å². The molecule has 0 atom stereocenters. The maximum atomic E-state index is 11.7. The molecule has 158 valence electrons. The topological polar surface area (TPSA) is 75.2 Å². The van der Waals surface area contributed by atoms with Crippen LogP contribution in [0.15, 0.2) is 4.99 Å². The highest BCUT2D eigenvalue weighted by Crippen LogP contribution is 2.19. The Bertz CT molecular complexity index is 435. The lowest BCUT2D eigenvalue weighted by Gasteiger charge is -2.32. The van der Waals surface area contributed by atoms with Crippen molar-refractivity contribution in [1.82, 2.24) is 15.5 Å². The van der Waals surface area contributed by atoms with Crippen molar-refractivity contribution in [2.45, 2.75) is 70.4 Å². The Morgan fingerprint density at radius 1 is 1.11 bits per heavy atom. The first-order valence-electron chi connectivity index (χ1n) is 10.2. The van der Waals surface area contributed by atoms with Crippen molar-refractivity contribution in [3.63, 3.8) is 0 Å². The second-order valence-corrected chi connectivity index (χ2v) is 7.09. The number of hydrogen-bond acceptors (Lipinski definition) is 4.